The van der Waals surface area contributed by atoms with Gasteiger partial charge >= 0.3 is 5.97 Å². The van der Waals surface area contributed by atoms with E-state index in [1.807, 2.05) is 6.08 Å². The van der Waals surface area contributed by atoms with Crippen LogP contribution in [0.25, 0.3) is 0 Å². The van der Waals surface area contributed by atoms with Gasteiger partial charge in [0, 0.05) is 12.8 Å². The molecule has 6 nitrogen and oxygen atoms in total. The van der Waals surface area contributed by atoms with Crippen LogP contribution in [0.2, 0.25) is 0 Å². The average Bonchev–Trinajstić information content (AvgIpc) is 3.59. The highest BCUT2D eigenvalue weighted by atomic mass is 16.5. The van der Waals surface area contributed by atoms with Crippen LogP contribution >= 0.6 is 0 Å². The number of hydrogen-bond donors (Lipinski definition) is 3. The number of allylic oxidation sites excluding steroid dienone is 7. The zero-order valence-electron chi connectivity index (χ0n) is 58.1. The molecule has 0 saturated carbocycles. The van der Waals surface area contributed by atoms with Gasteiger partial charge in [0.25, 0.3) is 0 Å². The lowest BCUT2D eigenvalue weighted by molar-refractivity contribution is -0.143. The normalized spacial score (nSPS) is 12.7. The van der Waals surface area contributed by atoms with Gasteiger partial charge in [0.1, 0.15) is 0 Å². The number of ether oxygens (including phenoxy) is 1. The molecule has 0 aliphatic carbocycles. The smallest absolute Gasteiger partial charge is 0.305 e. The van der Waals surface area contributed by atoms with Crippen LogP contribution < -0.4 is 5.32 Å². The van der Waals surface area contributed by atoms with Crippen molar-refractivity contribution in [2.75, 3.05) is 13.2 Å². The summed E-state index contributed by atoms with van der Waals surface area (Å²) < 4.78 is 5.49. The van der Waals surface area contributed by atoms with Crippen LogP contribution in [0.1, 0.15) is 425 Å². The zero-order valence-corrected chi connectivity index (χ0v) is 58.1. The van der Waals surface area contributed by atoms with Crippen LogP contribution in [0.15, 0.2) is 48.6 Å². The van der Waals surface area contributed by atoms with Gasteiger partial charge in [-0.25, -0.2) is 0 Å². The van der Waals surface area contributed by atoms with E-state index in [1.165, 1.54) is 347 Å². The molecule has 0 aliphatic rings. The van der Waals surface area contributed by atoms with Crippen molar-refractivity contribution in [3.05, 3.63) is 48.6 Å². The Morgan fingerprint density at radius 3 is 0.895 bits per heavy atom. The van der Waals surface area contributed by atoms with Crippen molar-refractivity contribution in [1.82, 2.24) is 5.32 Å². The summed E-state index contributed by atoms with van der Waals surface area (Å²) in [5, 5.41) is 23.2. The van der Waals surface area contributed by atoms with E-state index in [-0.39, 0.29) is 18.5 Å². The van der Waals surface area contributed by atoms with E-state index in [4.69, 9.17) is 4.74 Å². The van der Waals surface area contributed by atoms with E-state index >= 15 is 0 Å². The van der Waals surface area contributed by atoms with Gasteiger partial charge in [-0.1, -0.05) is 371 Å². The summed E-state index contributed by atoms with van der Waals surface area (Å²) in [5.41, 5.74) is 0. The molecule has 0 rings (SSSR count). The Morgan fingerprint density at radius 1 is 0.326 bits per heavy atom. The first-order chi connectivity index (χ1) is 42.5. The number of nitrogens with one attached hydrogen (secondary N) is 1. The minimum atomic E-state index is -0.843. The second kappa shape index (κ2) is 75.3. The first kappa shape index (κ1) is 83.8. The predicted molar refractivity (Wildman–Crippen MR) is 379 cm³/mol. The first-order valence-electron chi connectivity index (χ1n) is 38.9. The molecule has 0 heterocycles. The maximum atomic E-state index is 12.5. The molecule has 2 unspecified atom stereocenters. The SMILES string of the molecule is CCCCCCCC/C=C\CCCCCCCC(=O)OCCCCCCCCCCCCCCC/C=C\C/C=C\CCCCCCCCCCCCCCCCCCCC(=O)NC(CO)C(O)/C=C/CCCCCCCCCCCCCCCCC. The summed E-state index contributed by atoms with van der Waals surface area (Å²) in [5.74, 6) is -0.0513. The van der Waals surface area contributed by atoms with E-state index in [0.717, 1.165) is 51.4 Å². The number of hydrogen-bond acceptors (Lipinski definition) is 5. The van der Waals surface area contributed by atoms with Crippen molar-refractivity contribution < 1.29 is 24.5 Å². The Hall–Kier alpha value is -2.18. The second-order valence-electron chi connectivity index (χ2n) is 26.7. The highest BCUT2D eigenvalue weighted by Gasteiger charge is 2.18. The highest BCUT2D eigenvalue weighted by Crippen LogP contribution is 2.19. The van der Waals surface area contributed by atoms with Crippen molar-refractivity contribution in [2.45, 2.75) is 437 Å². The molecular weight excluding hydrogens is 1050 g/mol. The van der Waals surface area contributed by atoms with E-state index in [2.05, 4.69) is 55.6 Å². The number of esters is 1. The van der Waals surface area contributed by atoms with E-state index in [1.54, 1.807) is 6.08 Å². The lowest BCUT2D eigenvalue weighted by Crippen LogP contribution is -2.45. The Morgan fingerprint density at radius 2 is 0.581 bits per heavy atom. The van der Waals surface area contributed by atoms with Gasteiger partial charge in [-0.15, -0.1) is 0 Å². The highest BCUT2D eigenvalue weighted by molar-refractivity contribution is 5.76. The molecule has 6 heteroatoms. The predicted octanol–water partition coefficient (Wildman–Crippen LogP) is 25.6. The third-order valence-electron chi connectivity index (χ3n) is 18.1. The fourth-order valence-corrected chi connectivity index (χ4v) is 12.1. The minimum Gasteiger partial charge on any atom is -0.466 e. The summed E-state index contributed by atoms with van der Waals surface area (Å²) in [4.78, 5) is 24.6. The zero-order chi connectivity index (χ0) is 62.0. The fraction of sp³-hybridized carbons (Fsp3) is 0.875. The number of unbranched alkanes of at least 4 members (excludes halogenated alkanes) is 56. The van der Waals surface area contributed by atoms with Crippen molar-refractivity contribution in [3.8, 4) is 0 Å². The largest absolute Gasteiger partial charge is 0.466 e. The summed E-state index contributed by atoms with van der Waals surface area (Å²) >= 11 is 0. The van der Waals surface area contributed by atoms with Gasteiger partial charge in [-0.2, -0.15) is 0 Å². The maximum absolute atomic E-state index is 12.5. The summed E-state index contributed by atoms with van der Waals surface area (Å²) in [6.07, 6.45) is 99.4. The van der Waals surface area contributed by atoms with E-state index < -0.39 is 12.1 Å². The van der Waals surface area contributed by atoms with E-state index in [9.17, 15) is 19.8 Å². The number of rotatable bonds is 73. The molecule has 86 heavy (non-hydrogen) atoms. The molecule has 1 amide bonds. The number of carbonyl (C=O) groups excluding carboxylic acids is 2. The molecule has 0 aliphatic heterocycles. The van der Waals surface area contributed by atoms with Crippen molar-refractivity contribution in [3.63, 3.8) is 0 Å². The monoisotopic (exact) mass is 1210 g/mol. The second-order valence-corrected chi connectivity index (χ2v) is 26.7. The van der Waals surface area contributed by atoms with Crippen LogP contribution in [0.5, 0.6) is 0 Å². The number of carbonyl (C=O) groups is 2. The van der Waals surface area contributed by atoms with Crippen molar-refractivity contribution in [2.24, 2.45) is 0 Å². The third kappa shape index (κ3) is 70.9. The minimum absolute atomic E-state index is 0.0110. The Balaban J connectivity index is 3.38. The van der Waals surface area contributed by atoms with E-state index in [0.29, 0.717) is 19.4 Å². The van der Waals surface area contributed by atoms with Gasteiger partial charge in [0.15, 0.2) is 0 Å². The van der Waals surface area contributed by atoms with Crippen LogP contribution in [0.4, 0.5) is 0 Å². The number of aliphatic hydroxyl groups excluding tert-OH is 2. The summed E-state index contributed by atoms with van der Waals surface area (Å²) in [6, 6.07) is -0.627. The molecule has 0 radical (unpaired) electrons. The van der Waals surface area contributed by atoms with Crippen LogP contribution in [-0.4, -0.2) is 47.4 Å². The molecule has 3 N–H and O–H groups in total. The Labute approximate surface area is 537 Å². The fourth-order valence-electron chi connectivity index (χ4n) is 12.1. The van der Waals surface area contributed by atoms with Gasteiger partial charge < -0.3 is 20.3 Å². The molecular formula is C80H151NO5. The summed E-state index contributed by atoms with van der Waals surface area (Å²) in [7, 11) is 0. The van der Waals surface area contributed by atoms with Crippen molar-refractivity contribution in [1.29, 1.82) is 0 Å². The van der Waals surface area contributed by atoms with Crippen LogP contribution in [0.3, 0.4) is 0 Å². The van der Waals surface area contributed by atoms with Gasteiger partial charge in [0.2, 0.25) is 5.91 Å². The van der Waals surface area contributed by atoms with Crippen LogP contribution in [0, 0.1) is 0 Å². The molecule has 0 bridgehead atoms. The Bertz CT molecular complexity index is 1440. The molecule has 0 saturated heterocycles. The van der Waals surface area contributed by atoms with Gasteiger partial charge in [0.05, 0.1) is 25.4 Å². The van der Waals surface area contributed by atoms with Gasteiger partial charge in [-0.3, -0.25) is 9.59 Å². The molecule has 0 aromatic heterocycles. The average molecular weight is 1210 g/mol. The first-order valence-corrected chi connectivity index (χ1v) is 38.9. The lowest BCUT2D eigenvalue weighted by atomic mass is 10.0. The summed E-state index contributed by atoms with van der Waals surface area (Å²) in [6.45, 7) is 4.93. The standard InChI is InChI=1S/C80H151NO5/c1-3-5-7-9-11-13-15-17-19-41-45-48-52-56-60-64-68-72-78(83)77(76-82)81-79(84)73-69-65-61-57-53-49-46-42-39-37-35-33-31-29-27-25-23-21-20-22-24-26-28-30-32-34-36-38-40-43-47-51-55-59-63-67-71-75-86-80(85)74-70-66-62-58-54-50-44-18-16-14-12-10-8-6-4-2/h18,20,22,26,28,44,68,72,77-78,82-83H,3-17,19,21,23-25,27,29-43,45-67,69-71,73-76H2,1-2H3,(H,81,84)/b22-20-,28-26-,44-18-,72-68+. The number of aliphatic hydroxyl groups is 2. The topological polar surface area (TPSA) is 95.9 Å². The van der Waals surface area contributed by atoms with Crippen LogP contribution in [-0.2, 0) is 14.3 Å². The van der Waals surface area contributed by atoms with Gasteiger partial charge in [-0.05, 0) is 89.9 Å². The third-order valence-corrected chi connectivity index (χ3v) is 18.1. The van der Waals surface area contributed by atoms with Crippen molar-refractivity contribution >= 4 is 11.9 Å². The molecule has 0 aromatic carbocycles. The number of amides is 1. The molecule has 0 spiro atoms. The molecule has 0 aromatic rings. The molecule has 0 fully saturated rings. The molecule has 506 valence electrons. The maximum Gasteiger partial charge on any atom is 0.305 e. The quantitative estimate of drug-likeness (QED) is 0.0320. The lowest BCUT2D eigenvalue weighted by Gasteiger charge is -2.20. The Kier molecular flexibility index (Phi) is 73.4. The molecule has 2 atom stereocenters.